The van der Waals surface area contributed by atoms with Gasteiger partial charge in [-0.2, -0.15) is 4.72 Å². The number of nitrogens with zero attached hydrogens (tertiary/aromatic N) is 2. The average Bonchev–Trinajstić information content (AvgIpc) is 2.72. The van der Waals surface area contributed by atoms with Crippen LogP contribution in [0.3, 0.4) is 0 Å². The maximum absolute atomic E-state index is 13.1. The van der Waals surface area contributed by atoms with Crippen LogP contribution >= 0.6 is 11.6 Å². The van der Waals surface area contributed by atoms with Crippen LogP contribution in [0.15, 0.2) is 53.4 Å². The average molecular weight is 456 g/mol. The Kier molecular flexibility index (Phi) is 6.97. The number of aliphatic hydroxyl groups excluding tert-OH is 1. The molecule has 0 aromatic heterocycles. The van der Waals surface area contributed by atoms with Gasteiger partial charge < -0.3 is 14.9 Å². The normalized spacial score (nSPS) is 16.9. The van der Waals surface area contributed by atoms with Gasteiger partial charge in [-0.25, -0.2) is 12.8 Å². The maximum Gasteiger partial charge on any atom is 0.243 e. The zero-order valence-electron chi connectivity index (χ0n) is 16.3. The summed E-state index contributed by atoms with van der Waals surface area (Å²) in [6.07, 6.45) is -1.25. The molecule has 2 N–H and O–H groups in total. The van der Waals surface area contributed by atoms with Gasteiger partial charge in [-0.05, 0) is 49.4 Å². The van der Waals surface area contributed by atoms with E-state index >= 15 is 0 Å². The molecule has 10 heteroatoms. The molecule has 2 aromatic rings. The molecule has 0 aliphatic carbocycles. The highest BCUT2D eigenvalue weighted by atomic mass is 35.5. The number of anilines is 1. The van der Waals surface area contributed by atoms with Crippen molar-refractivity contribution < 1.29 is 22.7 Å². The van der Waals surface area contributed by atoms with E-state index in [-0.39, 0.29) is 4.90 Å². The SMILES string of the molecule is CC(O)C(NS(=O)(=O)c1ccc(F)cc1)C(=O)N1CCN(c2cccc(Cl)c2)CC1. The van der Waals surface area contributed by atoms with Crippen LogP contribution in [0.5, 0.6) is 0 Å². The Balaban J connectivity index is 1.68. The molecule has 1 amide bonds. The van der Waals surface area contributed by atoms with Gasteiger partial charge in [0.2, 0.25) is 15.9 Å². The number of carbonyl (C=O) groups excluding carboxylic acids is 1. The maximum atomic E-state index is 13.1. The molecule has 2 unspecified atom stereocenters. The molecule has 1 heterocycles. The third kappa shape index (κ3) is 5.28. The molecule has 2 atom stereocenters. The molecule has 0 spiro atoms. The van der Waals surface area contributed by atoms with Crippen LogP contribution in [-0.4, -0.2) is 62.7 Å². The Hall–Kier alpha value is -2.20. The smallest absolute Gasteiger partial charge is 0.243 e. The zero-order valence-corrected chi connectivity index (χ0v) is 17.9. The number of halogens is 2. The number of hydrogen-bond acceptors (Lipinski definition) is 5. The summed E-state index contributed by atoms with van der Waals surface area (Å²) in [7, 11) is -4.11. The van der Waals surface area contributed by atoms with Gasteiger partial charge in [-0.3, -0.25) is 4.79 Å². The molecule has 162 valence electrons. The molecule has 1 fully saturated rings. The van der Waals surface area contributed by atoms with Crippen LogP contribution in [0.4, 0.5) is 10.1 Å². The molecule has 7 nitrogen and oxygen atoms in total. The van der Waals surface area contributed by atoms with E-state index in [4.69, 9.17) is 11.6 Å². The minimum absolute atomic E-state index is 0.187. The largest absolute Gasteiger partial charge is 0.391 e. The van der Waals surface area contributed by atoms with Crippen LogP contribution < -0.4 is 9.62 Å². The molecule has 2 aromatic carbocycles. The van der Waals surface area contributed by atoms with Crippen molar-refractivity contribution in [2.75, 3.05) is 31.1 Å². The van der Waals surface area contributed by atoms with Crippen LogP contribution in [-0.2, 0) is 14.8 Å². The lowest BCUT2D eigenvalue weighted by molar-refractivity contribution is -0.135. The van der Waals surface area contributed by atoms with Crippen LogP contribution in [0, 0.1) is 5.82 Å². The molecule has 30 heavy (non-hydrogen) atoms. The van der Waals surface area contributed by atoms with Crippen LogP contribution in [0.2, 0.25) is 5.02 Å². The van der Waals surface area contributed by atoms with E-state index in [1.54, 1.807) is 6.07 Å². The highest BCUT2D eigenvalue weighted by molar-refractivity contribution is 7.89. The Morgan fingerprint density at radius 2 is 1.77 bits per heavy atom. The van der Waals surface area contributed by atoms with Gasteiger partial charge >= 0.3 is 0 Å². The summed E-state index contributed by atoms with van der Waals surface area (Å²) in [5.74, 6) is -1.09. The quantitative estimate of drug-likeness (QED) is 0.694. The number of nitrogens with one attached hydrogen (secondary N) is 1. The first-order valence-corrected chi connectivity index (χ1v) is 11.3. The lowest BCUT2D eigenvalue weighted by Crippen LogP contribution is -2.57. The summed E-state index contributed by atoms with van der Waals surface area (Å²) in [4.78, 5) is 16.4. The molecular weight excluding hydrogens is 433 g/mol. The summed E-state index contributed by atoms with van der Waals surface area (Å²) in [5, 5.41) is 10.7. The Morgan fingerprint density at radius 1 is 1.13 bits per heavy atom. The summed E-state index contributed by atoms with van der Waals surface area (Å²) in [5.41, 5.74) is 0.943. The number of amides is 1. The van der Waals surface area contributed by atoms with E-state index in [1.807, 2.05) is 18.2 Å². The fraction of sp³-hybridized carbons (Fsp3) is 0.350. The Labute approximate surface area is 180 Å². The predicted molar refractivity (Wildman–Crippen MR) is 112 cm³/mol. The van der Waals surface area contributed by atoms with Gasteiger partial charge in [0, 0.05) is 36.9 Å². The standard InChI is InChI=1S/C20H23ClFN3O4S/c1-14(26)19(23-30(28,29)18-7-5-16(22)6-8-18)20(27)25-11-9-24(10-12-25)17-4-2-3-15(21)13-17/h2-8,13-14,19,23,26H,9-12H2,1H3. The Bertz CT molecular complexity index is 993. The second-order valence-corrected chi connectivity index (χ2v) is 9.24. The zero-order chi connectivity index (χ0) is 21.9. The topological polar surface area (TPSA) is 89.9 Å². The first-order chi connectivity index (χ1) is 14.2. The third-order valence-electron chi connectivity index (χ3n) is 4.92. The van der Waals surface area contributed by atoms with Gasteiger partial charge in [-0.15, -0.1) is 0 Å². The molecule has 1 aliphatic heterocycles. The van der Waals surface area contributed by atoms with E-state index in [9.17, 15) is 22.7 Å². The Morgan fingerprint density at radius 3 is 2.33 bits per heavy atom. The van der Waals surface area contributed by atoms with Crippen molar-refractivity contribution >= 4 is 33.2 Å². The number of benzene rings is 2. The summed E-state index contributed by atoms with van der Waals surface area (Å²) in [6, 6.07) is 10.3. The van der Waals surface area contributed by atoms with E-state index in [1.165, 1.54) is 11.8 Å². The molecule has 0 bridgehead atoms. The van der Waals surface area contributed by atoms with Gasteiger partial charge in [0.05, 0.1) is 11.0 Å². The van der Waals surface area contributed by atoms with E-state index in [0.717, 1.165) is 30.0 Å². The van der Waals surface area contributed by atoms with Crippen molar-refractivity contribution in [3.8, 4) is 0 Å². The second-order valence-electron chi connectivity index (χ2n) is 7.09. The van der Waals surface area contributed by atoms with Crippen molar-refractivity contribution in [1.29, 1.82) is 0 Å². The highest BCUT2D eigenvalue weighted by Crippen LogP contribution is 2.21. The minimum Gasteiger partial charge on any atom is -0.391 e. The van der Waals surface area contributed by atoms with Crippen molar-refractivity contribution in [3.63, 3.8) is 0 Å². The number of rotatable bonds is 6. The molecule has 0 saturated carbocycles. The number of sulfonamides is 1. The summed E-state index contributed by atoms with van der Waals surface area (Å²) < 4.78 is 40.5. The monoisotopic (exact) mass is 455 g/mol. The summed E-state index contributed by atoms with van der Waals surface area (Å²) in [6.45, 7) is 3.17. The van der Waals surface area contributed by atoms with Crippen LogP contribution in [0.25, 0.3) is 0 Å². The fourth-order valence-corrected chi connectivity index (χ4v) is 4.71. The lowest BCUT2D eigenvalue weighted by Gasteiger charge is -2.38. The molecule has 3 rings (SSSR count). The van der Waals surface area contributed by atoms with Gasteiger partial charge in [0.25, 0.3) is 0 Å². The van der Waals surface area contributed by atoms with Gasteiger partial charge in [0.15, 0.2) is 0 Å². The van der Waals surface area contributed by atoms with E-state index in [0.29, 0.717) is 31.2 Å². The van der Waals surface area contributed by atoms with Gasteiger partial charge in [-0.1, -0.05) is 17.7 Å². The number of carbonyl (C=O) groups is 1. The number of hydrogen-bond donors (Lipinski definition) is 2. The molecule has 1 saturated heterocycles. The molecule has 0 radical (unpaired) electrons. The van der Waals surface area contributed by atoms with E-state index in [2.05, 4.69) is 9.62 Å². The highest BCUT2D eigenvalue weighted by Gasteiger charge is 2.34. The third-order valence-corrected chi connectivity index (χ3v) is 6.61. The van der Waals surface area contributed by atoms with Crippen LogP contribution in [0.1, 0.15) is 6.92 Å². The second kappa shape index (κ2) is 9.30. The number of piperazine rings is 1. The van der Waals surface area contributed by atoms with Gasteiger partial charge in [0.1, 0.15) is 11.9 Å². The first kappa shape index (κ1) is 22.5. The molecular formula is C20H23ClFN3O4S. The van der Waals surface area contributed by atoms with Crippen molar-refractivity contribution in [1.82, 2.24) is 9.62 Å². The van der Waals surface area contributed by atoms with Crippen molar-refractivity contribution in [2.45, 2.75) is 24.0 Å². The minimum atomic E-state index is -4.11. The van der Waals surface area contributed by atoms with Crippen molar-refractivity contribution in [2.24, 2.45) is 0 Å². The number of aliphatic hydroxyl groups is 1. The van der Waals surface area contributed by atoms with Crippen molar-refractivity contribution in [3.05, 3.63) is 59.4 Å². The first-order valence-electron chi connectivity index (χ1n) is 9.42. The molecule has 1 aliphatic rings. The summed E-state index contributed by atoms with van der Waals surface area (Å²) >= 11 is 6.04. The van der Waals surface area contributed by atoms with E-state index < -0.39 is 33.9 Å². The lowest BCUT2D eigenvalue weighted by atomic mass is 10.1. The predicted octanol–water partition coefficient (Wildman–Crippen LogP) is 1.86. The fourth-order valence-electron chi connectivity index (χ4n) is 3.26.